The van der Waals surface area contributed by atoms with Gasteiger partial charge in [0.15, 0.2) is 18.1 Å². The van der Waals surface area contributed by atoms with Crippen molar-refractivity contribution in [1.29, 1.82) is 0 Å². The predicted octanol–water partition coefficient (Wildman–Crippen LogP) is 2.55. The fourth-order valence-electron chi connectivity index (χ4n) is 2.18. The molecule has 2 N–H and O–H groups in total. The summed E-state index contributed by atoms with van der Waals surface area (Å²) in [6.07, 6.45) is 1.34. The summed E-state index contributed by atoms with van der Waals surface area (Å²) in [5.41, 5.74) is 4.92. The Hall–Kier alpha value is -3.02. The Morgan fingerprint density at radius 3 is 2.62 bits per heavy atom. The zero-order valence-corrected chi connectivity index (χ0v) is 13.9. The van der Waals surface area contributed by atoms with Crippen LogP contribution in [0, 0.1) is 13.8 Å². The number of aryl methyl sites for hydroxylation is 2. The second-order valence-electron chi connectivity index (χ2n) is 5.30. The fraction of sp³-hybridized carbons (Fsp3) is 0.222. The summed E-state index contributed by atoms with van der Waals surface area (Å²) in [7, 11) is 1.46. The van der Waals surface area contributed by atoms with Gasteiger partial charge in [0, 0.05) is 5.56 Å². The minimum absolute atomic E-state index is 0.0375. The molecule has 0 aromatic heterocycles. The van der Waals surface area contributed by atoms with Crippen molar-refractivity contribution >= 4 is 12.1 Å². The third-order valence-electron chi connectivity index (χ3n) is 3.21. The number of benzene rings is 2. The van der Waals surface area contributed by atoms with E-state index in [1.807, 2.05) is 32.0 Å². The Morgan fingerprint density at radius 2 is 1.96 bits per heavy atom. The Balaban J connectivity index is 1.89. The number of carbonyl (C=O) groups excluding carboxylic acids is 1. The number of rotatable bonds is 6. The van der Waals surface area contributed by atoms with Crippen molar-refractivity contribution in [1.82, 2.24) is 5.43 Å². The zero-order chi connectivity index (χ0) is 17.5. The Bertz CT molecular complexity index is 736. The first-order valence-electron chi connectivity index (χ1n) is 7.38. The molecule has 0 aliphatic carbocycles. The summed E-state index contributed by atoms with van der Waals surface area (Å²) in [6.45, 7) is 3.78. The molecule has 0 spiro atoms. The third kappa shape index (κ3) is 4.74. The molecular formula is C18H20N2O4. The van der Waals surface area contributed by atoms with E-state index < -0.39 is 5.91 Å². The molecule has 0 radical (unpaired) electrons. The average molecular weight is 328 g/mol. The van der Waals surface area contributed by atoms with E-state index >= 15 is 0 Å². The highest BCUT2D eigenvalue weighted by Gasteiger charge is 2.06. The minimum atomic E-state index is -0.396. The molecule has 0 aliphatic heterocycles. The van der Waals surface area contributed by atoms with E-state index in [0.29, 0.717) is 17.1 Å². The zero-order valence-electron chi connectivity index (χ0n) is 13.9. The topological polar surface area (TPSA) is 80.2 Å². The normalized spacial score (nSPS) is 10.6. The van der Waals surface area contributed by atoms with E-state index in [2.05, 4.69) is 10.5 Å². The van der Waals surface area contributed by atoms with Gasteiger partial charge in [-0.15, -0.1) is 0 Å². The number of ether oxygens (including phenoxy) is 2. The van der Waals surface area contributed by atoms with Crippen LogP contribution in [0.25, 0.3) is 0 Å². The van der Waals surface area contributed by atoms with Gasteiger partial charge in [-0.2, -0.15) is 5.10 Å². The van der Waals surface area contributed by atoms with Gasteiger partial charge in [0.2, 0.25) is 0 Å². The summed E-state index contributed by atoms with van der Waals surface area (Å²) in [6, 6.07) is 10.7. The summed E-state index contributed by atoms with van der Waals surface area (Å²) in [5, 5.41) is 13.7. The first-order valence-corrected chi connectivity index (χ1v) is 7.38. The van der Waals surface area contributed by atoms with Gasteiger partial charge >= 0.3 is 0 Å². The minimum Gasteiger partial charge on any atom is -0.504 e. The number of phenols is 1. The quantitative estimate of drug-likeness (QED) is 0.631. The van der Waals surface area contributed by atoms with Crippen molar-refractivity contribution < 1.29 is 19.4 Å². The van der Waals surface area contributed by atoms with Crippen molar-refractivity contribution in [2.24, 2.45) is 5.10 Å². The van der Waals surface area contributed by atoms with Gasteiger partial charge in [-0.25, -0.2) is 5.43 Å². The average Bonchev–Trinajstić information content (AvgIpc) is 2.54. The van der Waals surface area contributed by atoms with Gasteiger partial charge in [-0.3, -0.25) is 4.79 Å². The lowest BCUT2D eigenvalue weighted by Crippen LogP contribution is -2.24. The third-order valence-corrected chi connectivity index (χ3v) is 3.21. The molecule has 126 valence electrons. The molecule has 6 nitrogen and oxygen atoms in total. The van der Waals surface area contributed by atoms with Crippen LogP contribution in [0.4, 0.5) is 0 Å². The number of amides is 1. The number of carbonyl (C=O) groups is 1. The highest BCUT2D eigenvalue weighted by Crippen LogP contribution is 2.27. The number of hydrogen-bond acceptors (Lipinski definition) is 5. The Labute approximate surface area is 140 Å². The number of nitrogens with one attached hydrogen (secondary N) is 1. The number of para-hydroxylation sites is 1. The summed E-state index contributed by atoms with van der Waals surface area (Å²) in [4.78, 5) is 11.7. The molecule has 0 heterocycles. The maximum absolute atomic E-state index is 11.7. The lowest BCUT2D eigenvalue weighted by Gasteiger charge is -2.07. The maximum Gasteiger partial charge on any atom is 0.277 e. The molecule has 0 fully saturated rings. The molecule has 0 bridgehead atoms. The first-order chi connectivity index (χ1) is 11.5. The molecular weight excluding hydrogens is 308 g/mol. The molecule has 0 saturated heterocycles. The smallest absolute Gasteiger partial charge is 0.277 e. The van der Waals surface area contributed by atoms with Crippen LogP contribution in [0.3, 0.4) is 0 Å². The predicted molar refractivity (Wildman–Crippen MR) is 91.8 cm³/mol. The van der Waals surface area contributed by atoms with Gasteiger partial charge in [-0.1, -0.05) is 12.1 Å². The molecule has 24 heavy (non-hydrogen) atoms. The fourth-order valence-corrected chi connectivity index (χ4v) is 2.18. The van der Waals surface area contributed by atoms with Gasteiger partial charge in [0.05, 0.1) is 13.3 Å². The van der Waals surface area contributed by atoms with Crippen LogP contribution >= 0.6 is 0 Å². The number of methoxy groups -OCH3 is 1. The van der Waals surface area contributed by atoms with E-state index in [-0.39, 0.29) is 12.4 Å². The van der Waals surface area contributed by atoms with Crippen molar-refractivity contribution in [3.8, 4) is 17.2 Å². The summed E-state index contributed by atoms with van der Waals surface area (Å²) >= 11 is 0. The van der Waals surface area contributed by atoms with Crippen LogP contribution in [0.2, 0.25) is 0 Å². The van der Waals surface area contributed by atoms with Crippen molar-refractivity contribution in [2.75, 3.05) is 13.7 Å². The molecule has 2 aromatic rings. The van der Waals surface area contributed by atoms with Crippen LogP contribution in [-0.2, 0) is 4.79 Å². The molecule has 1 amide bonds. The standard InChI is InChI=1S/C18H20N2O4/c1-12-7-13(2)9-15(8-12)24-11-17(21)20-19-10-14-5-4-6-16(23-3)18(14)22/h4-10,22H,11H2,1-3H3,(H,20,21). The lowest BCUT2D eigenvalue weighted by molar-refractivity contribution is -0.123. The van der Waals surface area contributed by atoms with Crippen LogP contribution in [-0.4, -0.2) is 30.9 Å². The summed E-state index contributed by atoms with van der Waals surface area (Å²) < 4.78 is 10.4. The van der Waals surface area contributed by atoms with Crippen molar-refractivity contribution in [3.63, 3.8) is 0 Å². The number of hydrogen-bond donors (Lipinski definition) is 2. The number of hydrazone groups is 1. The number of aromatic hydroxyl groups is 1. The van der Waals surface area contributed by atoms with Crippen LogP contribution in [0.15, 0.2) is 41.5 Å². The largest absolute Gasteiger partial charge is 0.504 e. The molecule has 0 aliphatic rings. The lowest BCUT2D eigenvalue weighted by atomic mass is 10.1. The molecule has 6 heteroatoms. The van der Waals surface area contributed by atoms with Gasteiger partial charge < -0.3 is 14.6 Å². The highest BCUT2D eigenvalue weighted by atomic mass is 16.5. The van der Waals surface area contributed by atoms with E-state index in [1.54, 1.807) is 18.2 Å². The molecule has 0 saturated carbocycles. The Kier molecular flexibility index (Phi) is 5.78. The van der Waals surface area contributed by atoms with E-state index in [9.17, 15) is 9.90 Å². The van der Waals surface area contributed by atoms with Gasteiger partial charge in [0.1, 0.15) is 5.75 Å². The van der Waals surface area contributed by atoms with Crippen LogP contribution in [0.1, 0.15) is 16.7 Å². The van der Waals surface area contributed by atoms with Gasteiger partial charge in [-0.05, 0) is 49.2 Å². The monoisotopic (exact) mass is 328 g/mol. The SMILES string of the molecule is COc1cccc(C=NNC(=O)COc2cc(C)cc(C)c2)c1O. The summed E-state index contributed by atoms with van der Waals surface area (Å²) in [5.74, 6) is 0.540. The van der Waals surface area contributed by atoms with E-state index in [1.165, 1.54) is 13.3 Å². The molecule has 2 rings (SSSR count). The number of nitrogens with zero attached hydrogens (tertiary/aromatic N) is 1. The van der Waals surface area contributed by atoms with Crippen molar-refractivity contribution in [3.05, 3.63) is 53.1 Å². The number of phenolic OH excluding ortho intramolecular Hbond substituents is 1. The molecule has 2 aromatic carbocycles. The maximum atomic E-state index is 11.7. The van der Waals surface area contributed by atoms with E-state index in [0.717, 1.165) is 11.1 Å². The first kappa shape index (κ1) is 17.3. The second kappa shape index (κ2) is 8.01. The Morgan fingerprint density at radius 1 is 1.25 bits per heavy atom. The van der Waals surface area contributed by atoms with Crippen molar-refractivity contribution in [2.45, 2.75) is 13.8 Å². The molecule has 0 unspecified atom stereocenters. The van der Waals surface area contributed by atoms with E-state index in [4.69, 9.17) is 9.47 Å². The van der Waals surface area contributed by atoms with Gasteiger partial charge in [0.25, 0.3) is 5.91 Å². The second-order valence-corrected chi connectivity index (χ2v) is 5.30. The highest BCUT2D eigenvalue weighted by molar-refractivity contribution is 5.86. The molecule has 0 atom stereocenters. The van der Waals surface area contributed by atoms with Crippen LogP contribution < -0.4 is 14.9 Å². The van der Waals surface area contributed by atoms with Crippen LogP contribution in [0.5, 0.6) is 17.2 Å².